The molecule has 1 heterocycles. The van der Waals surface area contributed by atoms with Crippen LogP contribution in [0.25, 0.3) is 64.7 Å². The fourth-order valence-electron chi connectivity index (χ4n) is 8.48. The van der Waals surface area contributed by atoms with Crippen molar-refractivity contribution >= 4 is 48.6 Å². The van der Waals surface area contributed by atoms with Crippen LogP contribution in [0.5, 0.6) is 0 Å². The third-order valence-electron chi connectivity index (χ3n) is 11.1. The Morgan fingerprint density at radius 3 is 1.92 bits per heavy atom. The highest BCUT2D eigenvalue weighted by atomic mass is 32.1. The van der Waals surface area contributed by atoms with Gasteiger partial charge in [0.1, 0.15) is 0 Å². The van der Waals surface area contributed by atoms with Crippen LogP contribution in [0.2, 0.25) is 0 Å². The molecule has 1 aromatic heterocycles. The third kappa shape index (κ3) is 5.21. The van der Waals surface area contributed by atoms with Gasteiger partial charge in [0.25, 0.3) is 0 Å². The number of thiophene rings is 1. The van der Waals surface area contributed by atoms with Crippen molar-refractivity contribution in [1.29, 1.82) is 0 Å². The summed E-state index contributed by atoms with van der Waals surface area (Å²) in [4.78, 5) is 2.47. The highest BCUT2D eigenvalue weighted by Gasteiger charge is 2.36. The van der Waals surface area contributed by atoms with Crippen LogP contribution < -0.4 is 4.90 Å². The molecule has 10 rings (SSSR count). The lowest BCUT2D eigenvalue weighted by atomic mass is 9.82. The largest absolute Gasteiger partial charge is 0.310 e. The van der Waals surface area contributed by atoms with Crippen LogP contribution in [0.3, 0.4) is 0 Å². The van der Waals surface area contributed by atoms with Crippen LogP contribution in [-0.2, 0) is 5.41 Å². The summed E-state index contributed by atoms with van der Waals surface area (Å²) < 4.78 is 2.61. The van der Waals surface area contributed by atoms with E-state index in [0.29, 0.717) is 0 Å². The van der Waals surface area contributed by atoms with Crippen molar-refractivity contribution in [2.45, 2.75) is 19.3 Å². The van der Waals surface area contributed by atoms with Crippen molar-refractivity contribution in [2.24, 2.45) is 0 Å². The van der Waals surface area contributed by atoms with E-state index in [1.807, 2.05) is 11.3 Å². The summed E-state index contributed by atoms with van der Waals surface area (Å²) in [5.74, 6) is 0. The molecule has 0 bridgehead atoms. The van der Waals surface area contributed by atoms with E-state index in [-0.39, 0.29) is 5.41 Å². The molecule has 252 valence electrons. The molecule has 0 fully saturated rings. The molecule has 0 aliphatic heterocycles. The standard InChI is InChI=1S/C51H37NS/c1-51(2)45-24-11-9-21-41(45)42-30-28-39(33-46(42)51)52(38-19-7-4-8-20-38)47-25-14-23-40(36-18-13-17-35(31-36)34-15-5-3-6-16-34)50(47)37-27-29-44-43-22-10-12-26-48(43)53-49(44)32-37/h3-33H,1-2H3. The van der Waals surface area contributed by atoms with Gasteiger partial charge >= 0.3 is 0 Å². The Labute approximate surface area is 315 Å². The second-order valence-electron chi connectivity index (χ2n) is 14.5. The number of nitrogens with zero attached hydrogens (tertiary/aromatic N) is 1. The van der Waals surface area contributed by atoms with Crippen LogP contribution in [0.1, 0.15) is 25.0 Å². The summed E-state index contributed by atoms with van der Waals surface area (Å²) in [5.41, 5.74) is 15.9. The van der Waals surface area contributed by atoms with E-state index in [9.17, 15) is 0 Å². The van der Waals surface area contributed by atoms with Gasteiger partial charge in [-0.05, 0) is 98.6 Å². The topological polar surface area (TPSA) is 3.24 Å². The number of hydrogen-bond donors (Lipinski definition) is 0. The second-order valence-corrected chi connectivity index (χ2v) is 15.6. The zero-order valence-corrected chi connectivity index (χ0v) is 30.6. The van der Waals surface area contributed by atoms with Crippen molar-refractivity contribution in [3.63, 3.8) is 0 Å². The van der Waals surface area contributed by atoms with E-state index in [1.165, 1.54) is 75.8 Å². The minimum Gasteiger partial charge on any atom is -0.310 e. The summed E-state index contributed by atoms with van der Waals surface area (Å²) in [7, 11) is 0. The number of benzene rings is 8. The van der Waals surface area contributed by atoms with E-state index < -0.39 is 0 Å². The first-order valence-electron chi connectivity index (χ1n) is 18.3. The number of rotatable bonds is 6. The van der Waals surface area contributed by atoms with Crippen LogP contribution in [0.15, 0.2) is 188 Å². The molecular formula is C51H37NS. The highest BCUT2D eigenvalue weighted by molar-refractivity contribution is 7.25. The minimum atomic E-state index is -0.112. The Kier molecular flexibility index (Phi) is 7.42. The average Bonchev–Trinajstić information content (AvgIpc) is 3.70. The lowest BCUT2D eigenvalue weighted by Crippen LogP contribution is -2.17. The van der Waals surface area contributed by atoms with Gasteiger partial charge in [0.15, 0.2) is 0 Å². The maximum atomic E-state index is 2.47. The molecule has 53 heavy (non-hydrogen) atoms. The van der Waals surface area contributed by atoms with Gasteiger partial charge in [-0.3, -0.25) is 0 Å². The fourth-order valence-corrected chi connectivity index (χ4v) is 9.63. The molecule has 8 aromatic carbocycles. The SMILES string of the molecule is CC1(C)c2ccccc2-c2ccc(N(c3ccccc3)c3cccc(-c4cccc(-c5ccccc5)c4)c3-c3ccc4c(c3)sc3ccccc34)cc21. The Morgan fingerprint density at radius 1 is 0.396 bits per heavy atom. The number of hydrogen-bond acceptors (Lipinski definition) is 2. The Morgan fingerprint density at radius 2 is 1.06 bits per heavy atom. The van der Waals surface area contributed by atoms with Crippen LogP contribution in [-0.4, -0.2) is 0 Å². The summed E-state index contributed by atoms with van der Waals surface area (Å²) >= 11 is 1.87. The zero-order chi connectivity index (χ0) is 35.5. The fraction of sp³-hybridized carbons (Fsp3) is 0.0588. The van der Waals surface area contributed by atoms with E-state index in [4.69, 9.17) is 0 Å². The monoisotopic (exact) mass is 695 g/mol. The van der Waals surface area contributed by atoms with Crippen molar-refractivity contribution in [2.75, 3.05) is 4.90 Å². The summed E-state index contributed by atoms with van der Waals surface area (Å²) in [6.07, 6.45) is 0. The van der Waals surface area contributed by atoms with E-state index >= 15 is 0 Å². The molecule has 9 aromatic rings. The number of anilines is 3. The lowest BCUT2D eigenvalue weighted by Gasteiger charge is -2.31. The van der Waals surface area contributed by atoms with Gasteiger partial charge < -0.3 is 4.90 Å². The molecule has 2 heteroatoms. The third-order valence-corrected chi connectivity index (χ3v) is 12.2. The van der Waals surface area contributed by atoms with Gasteiger partial charge in [-0.15, -0.1) is 11.3 Å². The molecule has 0 saturated heterocycles. The van der Waals surface area contributed by atoms with Gasteiger partial charge in [0.2, 0.25) is 0 Å². The maximum absolute atomic E-state index is 2.47. The lowest BCUT2D eigenvalue weighted by molar-refractivity contribution is 0.660. The van der Waals surface area contributed by atoms with Crippen molar-refractivity contribution < 1.29 is 0 Å². The predicted octanol–water partition coefficient (Wildman–Crippen LogP) is 14.8. The number of para-hydroxylation sites is 1. The van der Waals surface area contributed by atoms with E-state index in [0.717, 1.165) is 17.1 Å². The Bertz CT molecular complexity index is 2810. The smallest absolute Gasteiger partial charge is 0.0546 e. The van der Waals surface area contributed by atoms with Crippen LogP contribution in [0.4, 0.5) is 17.1 Å². The minimum absolute atomic E-state index is 0.112. The maximum Gasteiger partial charge on any atom is 0.0546 e. The molecule has 0 atom stereocenters. The summed E-state index contributed by atoms with van der Waals surface area (Å²) in [6.45, 7) is 4.72. The molecule has 1 nitrogen and oxygen atoms in total. The molecule has 0 radical (unpaired) electrons. The molecule has 1 aliphatic carbocycles. The average molecular weight is 696 g/mol. The van der Waals surface area contributed by atoms with Gasteiger partial charge in [-0.25, -0.2) is 0 Å². The predicted molar refractivity (Wildman–Crippen MR) is 228 cm³/mol. The van der Waals surface area contributed by atoms with Gasteiger partial charge in [0.05, 0.1) is 5.69 Å². The molecule has 1 aliphatic rings. The van der Waals surface area contributed by atoms with Crippen LogP contribution >= 0.6 is 11.3 Å². The van der Waals surface area contributed by atoms with Crippen molar-refractivity contribution in [1.82, 2.24) is 0 Å². The summed E-state index contributed by atoms with van der Waals surface area (Å²) in [5, 5.41) is 2.62. The van der Waals surface area contributed by atoms with Crippen molar-refractivity contribution in [3.8, 4) is 44.5 Å². The molecule has 0 unspecified atom stereocenters. The quantitative estimate of drug-likeness (QED) is 0.167. The van der Waals surface area contributed by atoms with Crippen molar-refractivity contribution in [3.05, 3.63) is 199 Å². The zero-order valence-electron chi connectivity index (χ0n) is 29.8. The molecule has 0 N–H and O–H groups in total. The Balaban J connectivity index is 1.23. The molecule has 0 saturated carbocycles. The summed E-state index contributed by atoms with van der Waals surface area (Å²) in [6, 6.07) is 69.2. The molecular weight excluding hydrogens is 659 g/mol. The highest BCUT2D eigenvalue weighted by Crippen LogP contribution is 2.52. The second kappa shape index (κ2) is 12.5. The number of fused-ring (bicyclic) bond motifs is 6. The van der Waals surface area contributed by atoms with E-state index in [2.05, 4.69) is 207 Å². The van der Waals surface area contributed by atoms with Crippen LogP contribution in [0, 0.1) is 0 Å². The van der Waals surface area contributed by atoms with Gasteiger partial charge in [0, 0.05) is 42.5 Å². The van der Waals surface area contributed by atoms with E-state index in [1.54, 1.807) is 0 Å². The Hall–Kier alpha value is -6.22. The van der Waals surface area contributed by atoms with Gasteiger partial charge in [-0.2, -0.15) is 0 Å². The van der Waals surface area contributed by atoms with Gasteiger partial charge in [-0.1, -0.05) is 153 Å². The molecule has 0 spiro atoms. The normalized spacial score (nSPS) is 12.9. The first-order chi connectivity index (χ1) is 26.0. The first-order valence-corrected chi connectivity index (χ1v) is 19.2. The first kappa shape index (κ1) is 31.5. The molecule has 0 amide bonds.